The Kier molecular flexibility index (Phi) is 48.7. The maximum absolute atomic E-state index is 12.4. The largest absolute Gasteiger partial charge is 0.466 e. The number of carbonyl (C=O) groups excluding carboxylic acids is 2. The van der Waals surface area contributed by atoms with Gasteiger partial charge in [-0.25, -0.2) is 0 Å². The number of hydrogen-bond donors (Lipinski definition) is 3. The van der Waals surface area contributed by atoms with Gasteiger partial charge in [-0.05, 0) is 89.9 Å². The van der Waals surface area contributed by atoms with Crippen molar-refractivity contribution in [3.63, 3.8) is 0 Å². The molecule has 0 saturated carbocycles. The Morgan fingerprint density at radius 2 is 0.869 bits per heavy atom. The molecular formula is C55H101NO5. The monoisotopic (exact) mass is 856 g/mol. The van der Waals surface area contributed by atoms with Gasteiger partial charge in [0.2, 0.25) is 5.91 Å². The first-order valence-corrected chi connectivity index (χ1v) is 26.4. The molecule has 0 saturated heterocycles. The highest BCUT2D eigenvalue weighted by molar-refractivity contribution is 5.76. The number of nitrogens with one attached hydrogen (secondary N) is 1. The van der Waals surface area contributed by atoms with E-state index in [2.05, 4.69) is 67.8 Å². The lowest BCUT2D eigenvalue weighted by Gasteiger charge is -2.22. The molecule has 0 heterocycles. The topological polar surface area (TPSA) is 95.9 Å². The van der Waals surface area contributed by atoms with Gasteiger partial charge in [0.05, 0.1) is 25.4 Å². The van der Waals surface area contributed by atoms with Gasteiger partial charge in [0, 0.05) is 12.8 Å². The Labute approximate surface area is 378 Å². The first-order valence-electron chi connectivity index (χ1n) is 26.4. The summed E-state index contributed by atoms with van der Waals surface area (Å²) in [4.78, 5) is 24.5. The number of carbonyl (C=O) groups is 2. The third kappa shape index (κ3) is 47.1. The van der Waals surface area contributed by atoms with Gasteiger partial charge in [-0.2, -0.15) is 0 Å². The molecule has 2 atom stereocenters. The van der Waals surface area contributed by atoms with Crippen LogP contribution in [0, 0.1) is 0 Å². The van der Waals surface area contributed by atoms with Crippen LogP contribution in [0.25, 0.3) is 0 Å². The number of aliphatic hydroxyl groups excluding tert-OH is 2. The van der Waals surface area contributed by atoms with Gasteiger partial charge in [0.1, 0.15) is 0 Å². The Bertz CT molecular complexity index is 1040. The Hall–Kier alpha value is -2.18. The van der Waals surface area contributed by atoms with Crippen LogP contribution in [0.15, 0.2) is 48.6 Å². The molecule has 0 fully saturated rings. The van der Waals surface area contributed by atoms with E-state index in [1.807, 2.05) is 0 Å². The summed E-state index contributed by atoms with van der Waals surface area (Å²) in [5, 5.41) is 23.1. The average Bonchev–Trinajstić information content (AvgIpc) is 3.26. The zero-order valence-electron chi connectivity index (χ0n) is 40.4. The maximum Gasteiger partial charge on any atom is 0.305 e. The van der Waals surface area contributed by atoms with E-state index >= 15 is 0 Å². The zero-order valence-corrected chi connectivity index (χ0v) is 40.4. The molecule has 3 N–H and O–H groups in total. The van der Waals surface area contributed by atoms with Crippen LogP contribution in [-0.2, 0) is 14.3 Å². The van der Waals surface area contributed by atoms with E-state index in [9.17, 15) is 19.8 Å². The van der Waals surface area contributed by atoms with Crippen molar-refractivity contribution in [2.24, 2.45) is 0 Å². The van der Waals surface area contributed by atoms with Crippen LogP contribution in [-0.4, -0.2) is 47.4 Å². The molecule has 0 radical (unpaired) electrons. The Morgan fingerprint density at radius 3 is 1.36 bits per heavy atom. The average molecular weight is 856 g/mol. The SMILES string of the molecule is CCCCCC/C=C\C/C=C\CCCCCCCCCC(=O)OCCCCC/C=C\C=C/CCCCCCCCC(=O)NC(CO)C(O)CCCCCCCCCCCCC. The molecule has 0 aromatic rings. The highest BCUT2D eigenvalue weighted by atomic mass is 16.5. The highest BCUT2D eigenvalue weighted by Crippen LogP contribution is 2.15. The molecule has 0 spiro atoms. The van der Waals surface area contributed by atoms with Crippen LogP contribution in [0.2, 0.25) is 0 Å². The number of ether oxygens (including phenoxy) is 1. The van der Waals surface area contributed by atoms with E-state index in [4.69, 9.17) is 4.74 Å². The second-order valence-electron chi connectivity index (χ2n) is 17.9. The van der Waals surface area contributed by atoms with Crippen molar-refractivity contribution in [1.29, 1.82) is 0 Å². The lowest BCUT2D eigenvalue weighted by atomic mass is 10.0. The molecule has 0 bridgehead atoms. The molecule has 0 aliphatic carbocycles. The van der Waals surface area contributed by atoms with Crippen molar-refractivity contribution >= 4 is 11.9 Å². The Morgan fingerprint density at radius 1 is 0.475 bits per heavy atom. The number of rotatable bonds is 48. The summed E-state index contributed by atoms with van der Waals surface area (Å²) in [6.45, 7) is 4.86. The van der Waals surface area contributed by atoms with Gasteiger partial charge in [-0.1, -0.05) is 210 Å². The van der Waals surface area contributed by atoms with E-state index < -0.39 is 12.1 Å². The minimum atomic E-state index is -0.678. The van der Waals surface area contributed by atoms with Gasteiger partial charge in [0.25, 0.3) is 0 Å². The third-order valence-electron chi connectivity index (χ3n) is 11.9. The summed E-state index contributed by atoms with van der Waals surface area (Å²) < 4.78 is 5.45. The molecule has 0 aromatic carbocycles. The molecular weight excluding hydrogens is 755 g/mol. The van der Waals surface area contributed by atoms with Gasteiger partial charge in [0.15, 0.2) is 0 Å². The fourth-order valence-electron chi connectivity index (χ4n) is 7.78. The van der Waals surface area contributed by atoms with Crippen LogP contribution < -0.4 is 5.32 Å². The number of aliphatic hydroxyl groups is 2. The summed E-state index contributed by atoms with van der Waals surface area (Å²) in [6, 6.07) is -0.558. The molecule has 61 heavy (non-hydrogen) atoms. The lowest BCUT2D eigenvalue weighted by molar-refractivity contribution is -0.143. The fourth-order valence-corrected chi connectivity index (χ4v) is 7.78. The van der Waals surface area contributed by atoms with E-state index in [0.717, 1.165) is 83.5 Å². The molecule has 0 rings (SSSR count). The van der Waals surface area contributed by atoms with Crippen molar-refractivity contribution in [3.05, 3.63) is 48.6 Å². The molecule has 356 valence electrons. The maximum atomic E-state index is 12.4. The minimum Gasteiger partial charge on any atom is -0.466 e. The van der Waals surface area contributed by atoms with Gasteiger partial charge in [-0.15, -0.1) is 0 Å². The van der Waals surface area contributed by atoms with E-state index in [-0.39, 0.29) is 18.5 Å². The van der Waals surface area contributed by atoms with Gasteiger partial charge >= 0.3 is 5.97 Å². The van der Waals surface area contributed by atoms with Crippen molar-refractivity contribution < 1.29 is 24.5 Å². The molecule has 1 amide bonds. The summed E-state index contributed by atoms with van der Waals surface area (Å²) in [5.74, 6) is -0.0901. The van der Waals surface area contributed by atoms with Crippen LogP contribution in [0.1, 0.15) is 264 Å². The van der Waals surface area contributed by atoms with Crippen LogP contribution in [0.5, 0.6) is 0 Å². The third-order valence-corrected chi connectivity index (χ3v) is 11.9. The lowest BCUT2D eigenvalue weighted by Crippen LogP contribution is -2.45. The van der Waals surface area contributed by atoms with Crippen LogP contribution in [0.3, 0.4) is 0 Å². The normalized spacial score (nSPS) is 13.0. The molecule has 2 unspecified atom stereocenters. The van der Waals surface area contributed by atoms with Crippen molar-refractivity contribution in [2.75, 3.05) is 13.2 Å². The first kappa shape index (κ1) is 58.8. The number of esters is 1. The molecule has 0 aliphatic heterocycles. The predicted octanol–water partition coefficient (Wildman–Crippen LogP) is 15.8. The van der Waals surface area contributed by atoms with E-state index in [1.165, 1.54) is 148 Å². The van der Waals surface area contributed by atoms with E-state index in [1.54, 1.807) is 0 Å². The fraction of sp³-hybridized carbons (Fsp3) is 0.818. The summed E-state index contributed by atoms with van der Waals surface area (Å²) >= 11 is 0. The van der Waals surface area contributed by atoms with Gasteiger partial charge < -0.3 is 20.3 Å². The number of hydrogen-bond acceptors (Lipinski definition) is 5. The molecule has 0 aromatic heterocycles. The standard InChI is InChI=1S/C55H101NO5/c1-3-5-7-9-11-13-15-16-17-18-19-22-25-29-33-37-41-45-49-55(60)61-50-46-42-38-34-30-26-23-20-21-24-28-32-36-40-44-48-54(59)56-52(51-57)53(58)47-43-39-35-31-27-14-12-10-8-6-4-2/h13,15,17-18,20,23,26,30,52-53,57-58H,3-12,14,16,19,21-22,24-25,27-29,31-51H2,1-2H3,(H,56,59)/b15-13-,18-17-,23-20-,30-26-. The highest BCUT2D eigenvalue weighted by Gasteiger charge is 2.20. The predicted molar refractivity (Wildman–Crippen MR) is 264 cm³/mol. The molecule has 0 aliphatic rings. The quantitative estimate of drug-likeness (QED) is 0.0245. The summed E-state index contributed by atoms with van der Waals surface area (Å²) in [7, 11) is 0. The first-order chi connectivity index (χ1) is 30.0. The summed E-state index contributed by atoms with van der Waals surface area (Å²) in [6.07, 6.45) is 62.3. The molecule has 6 nitrogen and oxygen atoms in total. The van der Waals surface area contributed by atoms with Crippen LogP contribution in [0.4, 0.5) is 0 Å². The minimum absolute atomic E-state index is 0.0299. The number of unbranched alkanes of at least 4 members (excludes halogenated alkanes) is 30. The van der Waals surface area contributed by atoms with Crippen molar-refractivity contribution in [2.45, 2.75) is 276 Å². The second kappa shape index (κ2) is 50.5. The summed E-state index contributed by atoms with van der Waals surface area (Å²) in [5.41, 5.74) is 0. The van der Waals surface area contributed by atoms with Gasteiger partial charge in [-0.3, -0.25) is 9.59 Å². The van der Waals surface area contributed by atoms with Crippen molar-refractivity contribution in [3.8, 4) is 0 Å². The number of amides is 1. The second-order valence-corrected chi connectivity index (χ2v) is 17.9. The Balaban J connectivity index is 3.52. The zero-order chi connectivity index (χ0) is 44.4. The van der Waals surface area contributed by atoms with Crippen molar-refractivity contribution in [1.82, 2.24) is 5.32 Å². The van der Waals surface area contributed by atoms with Crippen LogP contribution >= 0.6 is 0 Å². The smallest absolute Gasteiger partial charge is 0.305 e. The number of allylic oxidation sites excluding steroid dienone is 8. The molecule has 6 heteroatoms. The van der Waals surface area contributed by atoms with E-state index in [0.29, 0.717) is 25.9 Å².